The molecule has 4 nitrogen and oxygen atoms in total. The van der Waals surface area contributed by atoms with E-state index in [2.05, 4.69) is 16.9 Å². The molecule has 4 N–H and O–H groups in total. The fraction of sp³-hybridized carbons (Fsp3) is 0.556. The highest BCUT2D eigenvalue weighted by atomic mass is 35.5. The van der Waals surface area contributed by atoms with Crippen LogP contribution >= 0.6 is 24.2 Å². The quantitative estimate of drug-likeness (QED) is 0.407. The van der Waals surface area contributed by atoms with Gasteiger partial charge in [0.2, 0.25) is 0 Å². The summed E-state index contributed by atoms with van der Waals surface area (Å²) in [5.41, 5.74) is 6.30. The van der Waals surface area contributed by atoms with E-state index in [-0.39, 0.29) is 24.4 Å². The highest BCUT2D eigenvalue weighted by molar-refractivity contribution is 8.14. The van der Waals surface area contributed by atoms with Gasteiger partial charge in [0.25, 0.3) is 0 Å². The lowest BCUT2D eigenvalue weighted by molar-refractivity contribution is 0.834. The molecule has 0 unspecified atom stereocenters. The number of thioether (sulfide) groups is 1. The zero-order chi connectivity index (χ0) is 11.1. The van der Waals surface area contributed by atoms with Gasteiger partial charge in [-0.25, -0.2) is 0 Å². The predicted molar refractivity (Wildman–Crippen MR) is 72.1 cm³/mol. The zero-order valence-corrected chi connectivity index (χ0v) is 11.0. The Bertz CT molecular complexity index is 250. The van der Waals surface area contributed by atoms with Crippen LogP contribution in [0.25, 0.3) is 0 Å². The number of amidine groups is 1. The zero-order valence-electron chi connectivity index (χ0n) is 9.33. The smallest absolute Gasteiger partial charge is 0.191 e. The summed E-state index contributed by atoms with van der Waals surface area (Å²) in [6.07, 6.45) is 0. The molecule has 0 aliphatic heterocycles. The maximum atomic E-state index is 7.10. The normalized spacial score (nSPS) is 10.8. The van der Waals surface area contributed by atoms with E-state index >= 15 is 0 Å². The van der Waals surface area contributed by atoms with Crippen LogP contribution in [0.15, 0.2) is 17.1 Å². The summed E-state index contributed by atoms with van der Waals surface area (Å²) in [4.78, 5) is 4.30. The third-order valence-electron chi connectivity index (χ3n) is 1.07. The van der Waals surface area contributed by atoms with Crippen molar-refractivity contribution in [2.75, 3.05) is 5.75 Å². The summed E-state index contributed by atoms with van der Waals surface area (Å²) in [6, 6.07) is 0.189. The molecule has 0 saturated carbocycles. The number of hydrogen-bond donors (Lipinski definition) is 3. The van der Waals surface area contributed by atoms with Crippen LogP contribution in [-0.2, 0) is 0 Å². The second-order valence-electron chi connectivity index (χ2n) is 3.31. The molecule has 0 aromatic heterocycles. The molecule has 0 aliphatic rings. The van der Waals surface area contributed by atoms with E-state index in [0.29, 0.717) is 5.17 Å². The average molecular weight is 251 g/mol. The van der Waals surface area contributed by atoms with Crippen molar-refractivity contribution in [3.05, 3.63) is 12.2 Å². The van der Waals surface area contributed by atoms with E-state index in [4.69, 9.17) is 11.1 Å². The van der Waals surface area contributed by atoms with Gasteiger partial charge >= 0.3 is 0 Å². The number of aliphatic imine (C=N–C) groups is 1. The maximum absolute atomic E-state index is 7.10. The van der Waals surface area contributed by atoms with Crippen LogP contribution in [0.1, 0.15) is 20.8 Å². The minimum absolute atomic E-state index is 0. The Morgan fingerprint density at radius 3 is 2.47 bits per heavy atom. The molecule has 6 heteroatoms. The summed E-state index contributed by atoms with van der Waals surface area (Å²) in [5.74, 6) is 0.699. The van der Waals surface area contributed by atoms with E-state index in [1.165, 1.54) is 11.8 Å². The first-order valence-electron chi connectivity index (χ1n) is 4.38. The third-order valence-corrected chi connectivity index (χ3v) is 2.19. The number of halogens is 1. The Kier molecular flexibility index (Phi) is 9.61. The standard InChI is InChI=1S/C9H18N4S.ClH/c1-6(2)5-14-9(12-7(3)4)13-8(10)11;/h7H,1,5H2,2-4H3,(H4,10,11,12,13);1H. The highest BCUT2D eigenvalue weighted by Crippen LogP contribution is 2.07. The second kappa shape index (κ2) is 8.61. The molecule has 0 fully saturated rings. The Labute approximate surface area is 102 Å². The van der Waals surface area contributed by atoms with Gasteiger partial charge in [-0.3, -0.25) is 10.4 Å². The first kappa shape index (κ1) is 16.7. The van der Waals surface area contributed by atoms with Crippen molar-refractivity contribution >= 4 is 35.3 Å². The third kappa shape index (κ3) is 11.2. The second-order valence-corrected chi connectivity index (χ2v) is 4.28. The summed E-state index contributed by atoms with van der Waals surface area (Å²) in [5, 5.41) is 10.5. The summed E-state index contributed by atoms with van der Waals surface area (Å²) < 4.78 is 0. The van der Waals surface area contributed by atoms with Gasteiger partial charge in [-0.05, 0) is 20.8 Å². The molecule has 0 radical (unpaired) electrons. The highest BCUT2D eigenvalue weighted by Gasteiger charge is 2.02. The van der Waals surface area contributed by atoms with Crippen molar-refractivity contribution in [1.29, 1.82) is 5.41 Å². The minimum Gasteiger partial charge on any atom is -0.370 e. The van der Waals surface area contributed by atoms with Crippen molar-refractivity contribution < 1.29 is 0 Å². The Morgan fingerprint density at radius 1 is 1.60 bits per heavy atom. The van der Waals surface area contributed by atoms with Gasteiger partial charge in [0.05, 0.1) is 0 Å². The number of nitrogens with zero attached hydrogens (tertiary/aromatic N) is 1. The molecule has 0 saturated heterocycles. The molecular formula is C9H19ClN4S. The molecule has 0 heterocycles. The van der Waals surface area contributed by atoms with Crippen molar-refractivity contribution in [2.24, 2.45) is 10.7 Å². The number of guanidine groups is 1. The van der Waals surface area contributed by atoms with Crippen LogP contribution in [0.2, 0.25) is 0 Å². The maximum Gasteiger partial charge on any atom is 0.191 e. The van der Waals surface area contributed by atoms with Gasteiger partial charge in [-0.1, -0.05) is 23.9 Å². The Hall–Kier alpha value is -0.680. The molecule has 0 amide bonds. The van der Waals surface area contributed by atoms with Crippen molar-refractivity contribution in [3.63, 3.8) is 0 Å². The van der Waals surface area contributed by atoms with Gasteiger partial charge in [-0.15, -0.1) is 12.4 Å². The van der Waals surface area contributed by atoms with E-state index < -0.39 is 0 Å². The molecule has 88 valence electrons. The van der Waals surface area contributed by atoms with E-state index in [9.17, 15) is 0 Å². The lowest BCUT2D eigenvalue weighted by atomic mass is 10.4. The van der Waals surface area contributed by atoms with Crippen LogP contribution in [-0.4, -0.2) is 22.9 Å². The molecule has 0 aliphatic carbocycles. The van der Waals surface area contributed by atoms with E-state index in [0.717, 1.165) is 11.3 Å². The van der Waals surface area contributed by atoms with Crippen molar-refractivity contribution in [3.8, 4) is 0 Å². The number of nitrogens with one attached hydrogen (secondary N) is 2. The summed E-state index contributed by atoms with van der Waals surface area (Å²) in [7, 11) is 0. The monoisotopic (exact) mass is 250 g/mol. The summed E-state index contributed by atoms with van der Waals surface area (Å²) >= 11 is 1.50. The topological polar surface area (TPSA) is 74.3 Å². The molecule has 0 spiro atoms. The first-order valence-corrected chi connectivity index (χ1v) is 5.36. The molecule has 15 heavy (non-hydrogen) atoms. The first-order chi connectivity index (χ1) is 6.41. The van der Waals surface area contributed by atoms with Crippen LogP contribution < -0.4 is 11.1 Å². The van der Waals surface area contributed by atoms with Crippen molar-refractivity contribution in [2.45, 2.75) is 26.8 Å². The Balaban J connectivity index is 0. The predicted octanol–water partition coefficient (Wildman–Crippen LogP) is 1.96. The van der Waals surface area contributed by atoms with Crippen LogP contribution in [0.3, 0.4) is 0 Å². The molecule has 0 aromatic rings. The fourth-order valence-electron chi connectivity index (χ4n) is 0.647. The van der Waals surface area contributed by atoms with Crippen LogP contribution in [0.4, 0.5) is 0 Å². The van der Waals surface area contributed by atoms with Gasteiger partial charge in [0.15, 0.2) is 11.1 Å². The SMILES string of the molecule is C=C(C)CSC(=NC(C)C)NC(=N)N.Cl. The van der Waals surface area contributed by atoms with Gasteiger partial charge in [0, 0.05) is 11.8 Å². The van der Waals surface area contributed by atoms with Gasteiger partial charge < -0.3 is 11.1 Å². The Morgan fingerprint density at radius 2 is 2.13 bits per heavy atom. The summed E-state index contributed by atoms with van der Waals surface area (Å²) in [6.45, 7) is 9.70. The molecule has 0 atom stereocenters. The molecule has 0 aromatic carbocycles. The average Bonchev–Trinajstić information content (AvgIpc) is 1.97. The fourth-order valence-corrected chi connectivity index (χ4v) is 1.50. The van der Waals surface area contributed by atoms with Crippen LogP contribution in [0.5, 0.6) is 0 Å². The van der Waals surface area contributed by atoms with Crippen molar-refractivity contribution in [1.82, 2.24) is 5.32 Å². The van der Waals surface area contributed by atoms with E-state index in [1.807, 2.05) is 20.8 Å². The van der Waals surface area contributed by atoms with Crippen LogP contribution in [0, 0.1) is 5.41 Å². The number of hydrogen-bond acceptors (Lipinski definition) is 3. The molecule has 0 rings (SSSR count). The molecule has 0 bridgehead atoms. The van der Waals surface area contributed by atoms with E-state index in [1.54, 1.807) is 0 Å². The number of nitrogens with two attached hydrogens (primary N) is 1. The largest absolute Gasteiger partial charge is 0.370 e. The van der Waals surface area contributed by atoms with Gasteiger partial charge in [-0.2, -0.15) is 0 Å². The lowest BCUT2D eigenvalue weighted by Crippen LogP contribution is -2.34. The lowest BCUT2D eigenvalue weighted by Gasteiger charge is -2.09. The van der Waals surface area contributed by atoms with Gasteiger partial charge in [0.1, 0.15) is 0 Å². The number of rotatable bonds is 3. The minimum atomic E-state index is -0.0846. The molecular weight excluding hydrogens is 232 g/mol.